The summed E-state index contributed by atoms with van der Waals surface area (Å²) in [5.41, 5.74) is 6.08. The SMILES string of the molecule is COc1ccc(C2=[N+]3C(=Nc4c(-c5ccccc5)c5c(n4[B-]3(F)F)-c3ccc(OCC(=O)N[C@@H](CCC(=O)O)C(=O)O)cc3CC5)C(c3ccccc3)=C2I)cc1. The second-order valence-corrected chi connectivity index (χ2v) is 14.9. The summed E-state index contributed by atoms with van der Waals surface area (Å²) >= 11 is 2.16. The summed E-state index contributed by atoms with van der Waals surface area (Å²) in [4.78, 5) is 40.3. The van der Waals surface area contributed by atoms with Crippen LogP contribution in [0.2, 0.25) is 0 Å². The molecule has 3 aliphatic rings. The van der Waals surface area contributed by atoms with E-state index >= 15 is 8.63 Å². The fourth-order valence-corrected chi connectivity index (χ4v) is 8.92. The van der Waals surface area contributed by atoms with Crippen LogP contribution in [0, 0.1) is 0 Å². The van der Waals surface area contributed by atoms with Crippen molar-refractivity contribution in [1.29, 1.82) is 0 Å². The molecule has 5 aromatic rings. The number of amides is 1. The van der Waals surface area contributed by atoms with Crippen LogP contribution < -0.4 is 14.8 Å². The highest BCUT2D eigenvalue weighted by atomic mass is 127. The van der Waals surface area contributed by atoms with Gasteiger partial charge in [-0.05, 0) is 117 Å². The maximum atomic E-state index is 18.1. The van der Waals surface area contributed by atoms with Crippen LogP contribution in [-0.2, 0) is 27.2 Å². The summed E-state index contributed by atoms with van der Waals surface area (Å²) in [6, 6.07) is 29.5. The van der Waals surface area contributed by atoms with E-state index in [0.717, 1.165) is 31.2 Å². The van der Waals surface area contributed by atoms with E-state index in [2.05, 4.69) is 27.9 Å². The maximum Gasteiger partial charge on any atom is 0.642 e. The normalized spacial score (nSPS) is 15.5. The van der Waals surface area contributed by atoms with Crippen molar-refractivity contribution in [2.24, 2.45) is 4.99 Å². The van der Waals surface area contributed by atoms with Gasteiger partial charge >= 0.3 is 18.9 Å². The van der Waals surface area contributed by atoms with Crippen LogP contribution in [0.3, 0.4) is 0 Å². The van der Waals surface area contributed by atoms with Gasteiger partial charge in [0, 0.05) is 17.7 Å². The summed E-state index contributed by atoms with van der Waals surface area (Å²) in [6.07, 6.45) is 0.184. The number of nitrogens with zero attached hydrogens (tertiary/aromatic N) is 3. The van der Waals surface area contributed by atoms with Gasteiger partial charge in [-0.2, -0.15) is 0 Å². The summed E-state index contributed by atoms with van der Waals surface area (Å²) in [7, 11) is 1.55. The molecule has 1 aromatic heterocycles. The molecule has 288 valence electrons. The molecule has 0 fully saturated rings. The third-order valence-electron chi connectivity index (χ3n) is 10.3. The van der Waals surface area contributed by atoms with E-state index in [0.29, 0.717) is 55.8 Å². The van der Waals surface area contributed by atoms with Gasteiger partial charge in [-0.3, -0.25) is 9.59 Å². The number of carboxylic acids is 2. The number of benzene rings is 4. The Balaban J connectivity index is 1.25. The minimum atomic E-state index is -4.59. The number of hydrogen-bond donors (Lipinski definition) is 3. The molecule has 1 aliphatic carbocycles. The number of allylic oxidation sites excluding steroid dienone is 1. The van der Waals surface area contributed by atoms with Gasteiger partial charge in [0.1, 0.15) is 23.3 Å². The number of aliphatic imine (C=N–C) groups is 1. The average molecular weight is 882 g/mol. The predicted octanol–water partition coefficient (Wildman–Crippen LogP) is 7.37. The Kier molecular flexibility index (Phi) is 10.0. The molecule has 0 saturated heterocycles. The number of carbonyl (C=O) groups excluding carboxylic acids is 1. The summed E-state index contributed by atoms with van der Waals surface area (Å²) in [5.74, 6) is -2.08. The lowest BCUT2D eigenvalue weighted by atomic mass is 9.85. The lowest BCUT2D eigenvalue weighted by Crippen LogP contribution is -2.53. The highest BCUT2D eigenvalue weighted by Crippen LogP contribution is 2.52. The van der Waals surface area contributed by atoms with Crippen LogP contribution in [0.15, 0.2) is 112 Å². The van der Waals surface area contributed by atoms with Crippen molar-refractivity contribution >= 4 is 70.3 Å². The van der Waals surface area contributed by atoms with E-state index < -0.39 is 43.9 Å². The zero-order valence-corrected chi connectivity index (χ0v) is 32.6. The van der Waals surface area contributed by atoms with E-state index in [1.807, 2.05) is 60.7 Å². The number of hydrogen-bond acceptors (Lipinski definition) is 6. The standard InChI is InChI=1S/C42H34BF2IN4O7/c1-56-28-15-12-26(13-16-28)38-37(46)36(25-10-6-3-7-11-25)41-48-40-35(24-8-4-2-5-9-24)31-18-14-27-22-29(17-19-30(27)39(31)50(40)43(44,45)49(38)41)57-23-33(51)47-32(42(54)55)20-21-34(52)53/h2-13,15-17,19,22,32H,14,18,20-21,23H2,1H3,(H,47,51)(H,52,53)(H,54,55)/t32-/m0/s1. The van der Waals surface area contributed by atoms with E-state index in [9.17, 15) is 19.5 Å². The number of aryl methyl sites for hydroxylation is 1. The van der Waals surface area contributed by atoms with E-state index in [1.54, 1.807) is 49.6 Å². The van der Waals surface area contributed by atoms with Crippen LogP contribution in [0.1, 0.15) is 35.1 Å². The van der Waals surface area contributed by atoms with E-state index in [1.165, 1.54) is 0 Å². The van der Waals surface area contributed by atoms with Crippen LogP contribution >= 0.6 is 22.6 Å². The predicted molar refractivity (Wildman–Crippen MR) is 220 cm³/mol. The lowest BCUT2D eigenvalue weighted by molar-refractivity contribution is -0.291. The van der Waals surface area contributed by atoms with Gasteiger partial charge in [-0.15, -0.1) is 0 Å². The first-order valence-electron chi connectivity index (χ1n) is 18.2. The molecule has 2 aliphatic heterocycles. The van der Waals surface area contributed by atoms with Crippen molar-refractivity contribution in [2.45, 2.75) is 31.7 Å². The average Bonchev–Trinajstić information content (AvgIpc) is 3.71. The number of aliphatic carboxylic acids is 2. The largest absolute Gasteiger partial charge is 0.642 e. The number of methoxy groups -OCH3 is 1. The third kappa shape index (κ3) is 6.79. The second-order valence-electron chi connectivity index (χ2n) is 13.8. The number of halogens is 3. The highest BCUT2D eigenvalue weighted by Gasteiger charge is 2.56. The number of carboxylic acid groups (broad SMARTS) is 2. The lowest BCUT2D eigenvalue weighted by Gasteiger charge is -2.33. The minimum absolute atomic E-state index is 0.163. The smallest absolute Gasteiger partial charge is 0.497 e. The second kappa shape index (κ2) is 15.1. The molecular formula is C42H34BF2IN4O7. The van der Waals surface area contributed by atoms with E-state index in [4.69, 9.17) is 19.6 Å². The van der Waals surface area contributed by atoms with Crippen LogP contribution in [0.25, 0.3) is 28.0 Å². The summed E-state index contributed by atoms with van der Waals surface area (Å²) in [5, 5.41) is 20.7. The molecule has 3 N–H and O–H groups in total. The van der Waals surface area contributed by atoms with Crippen LogP contribution in [0.5, 0.6) is 11.5 Å². The molecule has 0 unspecified atom stereocenters. The summed E-state index contributed by atoms with van der Waals surface area (Å²) in [6.45, 7) is -5.13. The zero-order chi connectivity index (χ0) is 40.0. The van der Waals surface area contributed by atoms with Crippen molar-refractivity contribution in [3.63, 3.8) is 0 Å². The van der Waals surface area contributed by atoms with Crippen molar-refractivity contribution < 1.29 is 47.2 Å². The number of ether oxygens (including phenoxy) is 2. The molecule has 57 heavy (non-hydrogen) atoms. The molecule has 0 bridgehead atoms. The zero-order valence-electron chi connectivity index (χ0n) is 30.4. The monoisotopic (exact) mass is 882 g/mol. The van der Waals surface area contributed by atoms with Gasteiger partial charge < -0.3 is 42.6 Å². The van der Waals surface area contributed by atoms with Crippen molar-refractivity contribution in [3.8, 4) is 33.9 Å². The van der Waals surface area contributed by atoms with Gasteiger partial charge in [0.15, 0.2) is 6.61 Å². The Morgan fingerprint density at radius 3 is 2.23 bits per heavy atom. The third-order valence-corrected chi connectivity index (χ3v) is 11.4. The Labute approximate surface area is 339 Å². The summed E-state index contributed by atoms with van der Waals surface area (Å²) < 4.78 is 50.2. The van der Waals surface area contributed by atoms with Gasteiger partial charge in [0.05, 0.1) is 21.8 Å². The van der Waals surface area contributed by atoms with E-state index in [-0.39, 0.29) is 23.8 Å². The maximum absolute atomic E-state index is 18.1. The molecule has 1 atom stereocenters. The molecule has 1 amide bonds. The number of rotatable bonds is 12. The number of fused-ring (bicyclic) bond motifs is 6. The topological polar surface area (TPSA) is 142 Å². The molecule has 0 saturated carbocycles. The Morgan fingerprint density at radius 2 is 1.58 bits per heavy atom. The first kappa shape index (κ1) is 37.8. The molecule has 3 heterocycles. The Hall–Kier alpha value is -6.10. The number of amidine groups is 1. The molecule has 4 aromatic carbocycles. The molecule has 8 rings (SSSR count). The minimum Gasteiger partial charge on any atom is -0.497 e. The number of carbonyl (C=O) groups is 3. The fraction of sp³-hybridized carbons (Fsp3) is 0.167. The molecule has 11 nitrogen and oxygen atoms in total. The van der Waals surface area contributed by atoms with Crippen molar-refractivity contribution in [3.05, 3.63) is 129 Å². The van der Waals surface area contributed by atoms with Crippen molar-refractivity contribution in [2.75, 3.05) is 13.7 Å². The van der Waals surface area contributed by atoms with Crippen LogP contribution in [-0.4, -0.2) is 75.3 Å². The highest BCUT2D eigenvalue weighted by molar-refractivity contribution is 14.1. The van der Waals surface area contributed by atoms with Gasteiger partial charge in [0.25, 0.3) is 11.7 Å². The van der Waals surface area contributed by atoms with Crippen molar-refractivity contribution in [1.82, 2.24) is 9.79 Å². The quantitative estimate of drug-likeness (QED) is 0.0878. The number of nitrogens with one attached hydrogen (secondary N) is 1. The number of aromatic nitrogens is 1. The first-order valence-corrected chi connectivity index (χ1v) is 19.3. The Bertz CT molecular complexity index is 2560. The molecule has 0 spiro atoms. The van der Waals surface area contributed by atoms with Gasteiger partial charge in [-0.1, -0.05) is 60.7 Å². The Morgan fingerprint density at radius 1 is 0.912 bits per heavy atom. The first-order chi connectivity index (χ1) is 27.5. The molecule has 15 heteroatoms. The fourth-order valence-electron chi connectivity index (χ4n) is 7.80. The molecular weight excluding hydrogens is 848 g/mol. The molecule has 0 radical (unpaired) electrons. The van der Waals surface area contributed by atoms with Gasteiger partial charge in [0.2, 0.25) is 5.82 Å². The van der Waals surface area contributed by atoms with Crippen LogP contribution in [0.4, 0.5) is 14.4 Å². The van der Waals surface area contributed by atoms with Gasteiger partial charge in [-0.25, -0.2) is 4.79 Å².